The number of aliphatic imine (C=N–C) groups is 2. The molecule has 0 aliphatic rings. The largest absolute Gasteiger partial charge is 0.354 e. The third-order valence-corrected chi connectivity index (χ3v) is 1.11. The summed E-state index contributed by atoms with van der Waals surface area (Å²) < 4.78 is 0. The van der Waals surface area contributed by atoms with E-state index in [1.54, 1.807) is 14.0 Å². The normalized spacial score (nSPS) is 10.5. The van der Waals surface area contributed by atoms with E-state index < -0.39 is 0 Å². The highest BCUT2D eigenvalue weighted by Crippen LogP contribution is 1.86. The average Bonchev–Trinajstić information content (AvgIpc) is 2.21. The molecule has 0 unspecified atom stereocenters. The molecule has 80 valence electrons. The average molecular weight is 197 g/mol. The summed E-state index contributed by atoms with van der Waals surface area (Å²) in [7, 11) is 3.08. The molecule has 14 heavy (non-hydrogen) atoms. The highest BCUT2D eigenvalue weighted by molar-refractivity contribution is 6.60. The molecule has 4 heteroatoms. The maximum atomic E-state index is 11.0. The number of carbonyl (C=O) groups is 1. The minimum absolute atomic E-state index is 0.248. The van der Waals surface area contributed by atoms with Crippen molar-refractivity contribution in [3.8, 4) is 0 Å². The lowest BCUT2D eigenvalue weighted by Crippen LogP contribution is -2.28. The van der Waals surface area contributed by atoms with Crippen LogP contribution < -0.4 is 5.32 Å². The van der Waals surface area contributed by atoms with Crippen LogP contribution in [0.1, 0.15) is 20.8 Å². The first-order valence-electron chi connectivity index (χ1n) is 4.50. The van der Waals surface area contributed by atoms with Gasteiger partial charge in [-0.2, -0.15) is 0 Å². The van der Waals surface area contributed by atoms with Crippen LogP contribution in [0.25, 0.3) is 0 Å². The first-order chi connectivity index (χ1) is 6.61. The van der Waals surface area contributed by atoms with Crippen molar-refractivity contribution < 1.29 is 4.79 Å². The number of amides is 1. The van der Waals surface area contributed by atoms with Crippen LogP contribution in [0.5, 0.6) is 0 Å². The molecule has 0 aromatic rings. The molecule has 0 bridgehead atoms. The van der Waals surface area contributed by atoms with Crippen LogP contribution in [-0.2, 0) is 4.79 Å². The van der Waals surface area contributed by atoms with Crippen LogP contribution in [0, 0.1) is 0 Å². The van der Waals surface area contributed by atoms with Gasteiger partial charge >= 0.3 is 0 Å². The number of allylic oxidation sites excluding steroid dienone is 1. The molecular formula is C10H19N3O. The number of hydrogen-bond donors (Lipinski definition) is 1. The van der Waals surface area contributed by atoms with Crippen molar-refractivity contribution in [3.05, 3.63) is 12.3 Å². The predicted octanol–water partition coefficient (Wildman–Crippen LogP) is 1.43. The Labute approximate surface area is 85.8 Å². The predicted molar refractivity (Wildman–Crippen MR) is 62.1 cm³/mol. The lowest BCUT2D eigenvalue weighted by Gasteiger charge is -1.96. The number of nitrogens with zero attached hydrogens (tertiary/aromatic N) is 2. The Morgan fingerprint density at radius 3 is 2.21 bits per heavy atom. The first-order valence-corrected chi connectivity index (χ1v) is 4.50. The van der Waals surface area contributed by atoms with E-state index in [1.165, 1.54) is 13.3 Å². The van der Waals surface area contributed by atoms with E-state index in [9.17, 15) is 4.79 Å². The van der Waals surface area contributed by atoms with Gasteiger partial charge in [-0.3, -0.25) is 14.8 Å². The van der Waals surface area contributed by atoms with Crippen molar-refractivity contribution >= 4 is 17.8 Å². The zero-order chi connectivity index (χ0) is 11.6. The molecule has 0 saturated carbocycles. The lowest BCUT2D eigenvalue weighted by molar-refractivity contribution is -0.114. The van der Waals surface area contributed by atoms with Gasteiger partial charge in [0.1, 0.15) is 5.71 Å². The van der Waals surface area contributed by atoms with E-state index >= 15 is 0 Å². The Balaban J connectivity index is 0. The third kappa shape index (κ3) is 7.21. The zero-order valence-electron chi connectivity index (χ0n) is 9.59. The fraction of sp³-hybridized carbons (Fsp3) is 0.500. The summed E-state index contributed by atoms with van der Waals surface area (Å²) in [5, 5.41) is 2.45. The quantitative estimate of drug-likeness (QED) is 0.684. The number of rotatable bonds is 3. The van der Waals surface area contributed by atoms with E-state index in [2.05, 4.69) is 21.9 Å². The first kappa shape index (κ1) is 15.0. The van der Waals surface area contributed by atoms with Crippen LogP contribution in [0.4, 0.5) is 0 Å². The minimum atomic E-state index is -0.248. The second-order valence-corrected chi connectivity index (χ2v) is 2.18. The molecular weight excluding hydrogens is 178 g/mol. The molecule has 0 aromatic heterocycles. The van der Waals surface area contributed by atoms with Crippen molar-refractivity contribution in [2.45, 2.75) is 20.8 Å². The van der Waals surface area contributed by atoms with Crippen LogP contribution >= 0.6 is 0 Å². The SMILES string of the molecule is C=C(C)N=CC(=NC)C(=O)NC.CC. The molecule has 0 radical (unpaired) electrons. The molecule has 0 atom stereocenters. The van der Waals surface area contributed by atoms with E-state index in [-0.39, 0.29) is 5.91 Å². The van der Waals surface area contributed by atoms with Crippen molar-refractivity contribution in [2.75, 3.05) is 14.1 Å². The van der Waals surface area contributed by atoms with Gasteiger partial charge in [-0.05, 0) is 6.92 Å². The van der Waals surface area contributed by atoms with Gasteiger partial charge in [0, 0.05) is 19.8 Å². The number of nitrogens with one attached hydrogen (secondary N) is 1. The standard InChI is InChI=1S/C8H13N3O.C2H6/c1-6(2)11-5-7(9-3)8(12)10-4;1-2/h5H,1H2,2-4H3,(H,10,12);1-2H3. The molecule has 0 rings (SSSR count). The van der Waals surface area contributed by atoms with Crippen molar-refractivity contribution in [2.24, 2.45) is 9.98 Å². The summed E-state index contributed by atoms with van der Waals surface area (Å²) in [6.45, 7) is 9.31. The van der Waals surface area contributed by atoms with Gasteiger partial charge < -0.3 is 5.32 Å². The van der Waals surface area contributed by atoms with Gasteiger partial charge in [-0.1, -0.05) is 20.4 Å². The number of hydrogen-bond acceptors (Lipinski definition) is 3. The van der Waals surface area contributed by atoms with E-state index in [0.29, 0.717) is 11.4 Å². The molecule has 0 aliphatic heterocycles. The lowest BCUT2D eigenvalue weighted by atomic mass is 10.4. The zero-order valence-corrected chi connectivity index (χ0v) is 9.59. The second-order valence-electron chi connectivity index (χ2n) is 2.18. The summed E-state index contributed by atoms with van der Waals surface area (Å²) in [6, 6.07) is 0. The third-order valence-electron chi connectivity index (χ3n) is 1.11. The van der Waals surface area contributed by atoms with Gasteiger partial charge in [-0.15, -0.1) is 0 Å². The maximum absolute atomic E-state index is 11.0. The fourth-order valence-corrected chi connectivity index (χ4v) is 0.517. The highest BCUT2D eigenvalue weighted by Gasteiger charge is 2.03. The molecule has 0 heterocycles. The molecule has 4 nitrogen and oxygen atoms in total. The Morgan fingerprint density at radius 1 is 1.43 bits per heavy atom. The number of carbonyl (C=O) groups excluding carboxylic acids is 1. The topological polar surface area (TPSA) is 53.8 Å². The van der Waals surface area contributed by atoms with Crippen molar-refractivity contribution in [3.63, 3.8) is 0 Å². The van der Waals surface area contributed by atoms with Crippen LogP contribution in [-0.4, -0.2) is 31.9 Å². The molecule has 1 amide bonds. The smallest absolute Gasteiger partial charge is 0.270 e. The van der Waals surface area contributed by atoms with E-state index in [1.807, 2.05) is 13.8 Å². The summed E-state index contributed by atoms with van der Waals surface area (Å²) in [5.74, 6) is -0.248. The van der Waals surface area contributed by atoms with Crippen LogP contribution in [0.3, 0.4) is 0 Å². The monoisotopic (exact) mass is 197 g/mol. The van der Waals surface area contributed by atoms with Gasteiger partial charge in [0.2, 0.25) is 0 Å². The van der Waals surface area contributed by atoms with Crippen LogP contribution in [0.2, 0.25) is 0 Å². The summed E-state index contributed by atoms with van der Waals surface area (Å²) in [4.78, 5) is 18.6. The van der Waals surface area contributed by atoms with E-state index in [0.717, 1.165) is 0 Å². The molecule has 0 aliphatic carbocycles. The van der Waals surface area contributed by atoms with Crippen molar-refractivity contribution in [1.29, 1.82) is 0 Å². The van der Waals surface area contributed by atoms with Gasteiger partial charge in [-0.25, -0.2) is 0 Å². The van der Waals surface area contributed by atoms with Gasteiger partial charge in [0.25, 0.3) is 5.91 Å². The van der Waals surface area contributed by atoms with Gasteiger partial charge in [0.05, 0.1) is 6.21 Å². The minimum Gasteiger partial charge on any atom is -0.354 e. The van der Waals surface area contributed by atoms with Crippen molar-refractivity contribution in [1.82, 2.24) is 5.32 Å². The summed E-state index contributed by atoms with van der Waals surface area (Å²) in [6.07, 6.45) is 1.39. The fourth-order valence-electron chi connectivity index (χ4n) is 0.517. The van der Waals surface area contributed by atoms with Gasteiger partial charge in [0.15, 0.2) is 0 Å². The summed E-state index contributed by atoms with van der Waals surface area (Å²) >= 11 is 0. The molecule has 0 aromatic carbocycles. The molecule has 1 N–H and O–H groups in total. The second kappa shape index (κ2) is 9.64. The molecule has 0 saturated heterocycles. The Hall–Kier alpha value is -1.45. The molecule has 0 fully saturated rings. The Morgan fingerprint density at radius 2 is 1.93 bits per heavy atom. The van der Waals surface area contributed by atoms with Crippen LogP contribution in [0.15, 0.2) is 22.3 Å². The Bertz CT molecular complexity index is 242. The highest BCUT2D eigenvalue weighted by atomic mass is 16.1. The molecule has 0 spiro atoms. The summed E-state index contributed by atoms with van der Waals surface area (Å²) in [5.41, 5.74) is 0.931. The maximum Gasteiger partial charge on any atom is 0.270 e. The Kier molecular flexibility index (Phi) is 10.4. The van der Waals surface area contributed by atoms with E-state index in [4.69, 9.17) is 0 Å².